The van der Waals surface area contributed by atoms with Gasteiger partial charge in [-0.1, -0.05) is 24.3 Å². The smallest absolute Gasteiger partial charge is 0.330 e. The topological polar surface area (TPSA) is 84.9 Å². The van der Waals surface area contributed by atoms with Crippen molar-refractivity contribution in [3.05, 3.63) is 64.5 Å². The van der Waals surface area contributed by atoms with Gasteiger partial charge in [-0.2, -0.15) is 0 Å². The lowest BCUT2D eigenvalue weighted by Crippen LogP contribution is -2.55. The molecular formula is C19H16FNO5. The van der Waals surface area contributed by atoms with Gasteiger partial charge in [0.1, 0.15) is 17.1 Å². The second-order valence-corrected chi connectivity index (χ2v) is 6.52. The highest BCUT2D eigenvalue weighted by Crippen LogP contribution is 2.33. The van der Waals surface area contributed by atoms with Gasteiger partial charge in [-0.05, 0) is 23.3 Å². The highest BCUT2D eigenvalue weighted by Gasteiger charge is 2.45. The summed E-state index contributed by atoms with van der Waals surface area (Å²) in [6.45, 7) is 0.0807. The number of hydrogen-bond donors (Lipinski definition) is 2. The maximum Gasteiger partial charge on any atom is 0.330 e. The average Bonchev–Trinajstić information content (AvgIpc) is 3.00. The lowest BCUT2D eigenvalue weighted by Gasteiger charge is -2.27. The van der Waals surface area contributed by atoms with E-state index in [4.69, 9.17) is 9.47 Å². The van der Waals surface area contributed by atoms with Gasteiger partial charge in [-0.15, -0.1) is 0 Å². The van der Waals surface area contributed by atoms with Crippen molar-refractivity contribution < 1.29 is 28.6 Å². The van der Waals surface area contributed by atoms with Crippen molar-refractivity contribution in [3.63, 3.8) is 0 Å². The van der Waals surface area contributed by atoms with E-state index in [1.54, 1.807) is 0 Å². The van der Waals surface area contributed by atoms with Gasteiger partial charge in [0.15, 0.2) is 6.79 Å². The number of carbonyl (C=O) groups is 2. The summed E-state index contributed by atoms with van der Waals surface area (Å²) < 4.78 is 24.3. The van der Waals surface area contributed by atoms with Gasteiger partial charge in [0.2, 0.25) is 0 Å². The largest absolute Gasteiger partial charge is 0.479 e. The van der Waals surface area contributed by atoms with Crippen molar-refractivity contribution >= 4 is 11.9 Å². The van der Waals surface area contributed by atoms with Gasteiger partial charge in [-0.3, -0.25) is 4.79 Å². The SMILES string of the molecule is O=C(NC1(C(=O)O)Cc2ccccc2C1)c1cc(F)cc2c1OCOC2. The Hall–Kier alpha value is -2.93. The van der Waals surface area contributed by atoms with Gasteiger partial charge in [0, 0.05) is 18.4 Å². The van der Waals surface area contributed by atoms with Crippen LogP contribution in [0, 0.1) is 5.82 Å². The highest BCUT2D eigenvalue weighted by molar-refractivity contribution is 6.00. The van der Waals surface area contributed by atoms with E-state index in [2.05, 4.69) is 5.32 Å². The van der Waals surface area contributed by atoms with Crippen LogP contribution in [0.25, 0.3) is 0 Å². The molecule has 0 saturated carbocycles. The fourth-order valence-corrected chi connectivity index (χ4v) is 3.54. The van der Waals surface area contributed by atoms with E-state index < -0.39 is 23.2 Å². The summed E-state index contributed by atoms with van der Waals surface area (Å²) in [6.07, 6.45) is 0.345. The van der Waals surface area contributed by atoms with Crippen molar-refractivity contribution in [2.24, 2.45) is 0 Å². The Morgan fingerprint density at radius 1 is 1.12 bits per heavy atom. The zero-order valence-electron chi connectivity index (χ0n) is 13.8. The molecule has 2 aromatic carbocycles. The molecule has 2 aliphatic rings. The summed E-state index contributed by atoms with van der Waals surface area (Å²) in [5, 5.41) is 12.4. The van der Waals surface area contributed by atoms with Crippen molar-refractivity contribution in [2.45, 2.75) is 25.0 Å². The number of carboxylic acids is 1. The fraction of sp³-hybridized carbons (Fsp3) is 0.263. The molecule has 4 rings (SSSR count). The minimum atomic E-state index is -1.47. The molecule has 7 heteroatoms. The number of rotatable bonds is 3. The molecule has 1 amide bonds. The predicted octanol–water partition coefficient (Wildman–Crippen LogP) is 2.04. The van der Waals surface area contributed by atoms with Crippen LogP contribution >= 0.6 is 0 Å². The van der Waals surface area contributed by atoms with E-state index in [0.29, 0.717) is 5.56 Å². The molecule has 0 radical (unpaired) electrons. The second-order valence-electron chi connectivity index (χ2n) is 6.52. The van der Waals surface area contributed by atoms with Crippen LogP contribution in [0.1, 0.15) is 27.0 Å². The van der Waals surface area contributed by atoms with E-state index in [-0.39, 0.29) is 37.6 Å². The zero-order valence-corrected chi connectivity index (χ0v) is 13.8. The van der Waals surface area contributed by atoms with Crippen LogP contribution in [-0.4, -0.2) is 29.3 Å². The normalized spacial score (nSPS) is 17.0. The summed E-state index contributed by atoms with van der Waals surface area (Å²) in [6, 6.07) is 9.64. The molecule has 0 aromatic heterocycles. The summed E-state index contributed by atoms with van der Waals surface area (Å²) in [5.41, 5.74) is 0.674. The molecule has 134 valence electrons. The molecular weight excluding hydrogens is 341 g/mol. The molecule has 6 nitrogen and oxygen atoms in total. The van der Waals surface area contributed by atoms with Crippen LogP contribution in [0.5, 0.6) is 5.75 Å². The molecule has 2 N–H and O–H groups in total. The Labute approximate surface area is 148 Å². The van der Waals surface area contributed by atoms with Crippen LogP contribution in [0.3, 0.4) is 0 Å². The molecule has 0 fully saturated rings. The first-order valence-corrected chi connectivity index (χ1v) is 8.14. The highest BCUT2D eigenvalue weighted by atomic mass is 19.1. The number of halogens is 1. The van der Waals surface area contributed by atoms with Gasteiger partial charge in [-0.25, -0.2) is 9.18 Å². The third kappa shape index (κ3) is 2.70. The summed E-state index contributed by atoms with van der Waals surface area (Å²) in [5.74, 6) is -2.19. The summed E-state index contributed by atoms with van der Waals surface area (Å²) in [4.78, 5) is 24.8. The first-order chi connectivity index (χ1) is 12.5. The molecule has 26 heavy (non-hydrogen) atoms. The molecule has 0 spiro atoms. The number of fused-ring (bicyclic) bond motifs is 2. The molecule has 1 aliphatic heterocycles. The summed E-state index contributed by atoms with van der Waals surface area (Å²) in [7, 11) is 0. The number of nitrogens with one attached hydrogen (secondary N) is 1. The van der Waals surface area contributed by atoms with E-state index in [9.17, 15) is 19.1 Å². The molecule has 0 saturated heterocycles. The molecule has 0 unspecified atom stereocenters. The fourth-order valence-electron chi connectivity index (χ4n) is 3.54. The third-order valence-corrected chi connectivity index (χ3v) is 4.78. The molecule has 0 bridgehead atoms. The molecule has 0 atom stereocenters. The van der Waals surface area contributed by atoms with Crippen molar-refractivity contribution in [1.29, 1.82) is 0 Å². The van der Waals surface area contributed by atoms with Crippen LogP contribution in [0.4, 0.5) is 4.39 Å². The first kappa shape index (κ1) is 16.5. The molecule has 2 aromatic rings. The lowest BCUT2D eigenvalue weighted by molar-refractivity contribution is -0.144. The number of amides is 1. The van der Waals surface area contributed by atoms with Crippen LogP contribution < -0.4 is 10.1 Å². The predicted molar refractivity (Wildman–Crippen MR) is 88.4 cm³/mol. The summed E-state index contributed by atoms with van der Waals surface area (Å²) >= 11 is 0. The number of benzene rings is 2. The number of aliphatic carboxylic acids is 1. The lowest BCUT2D eigenvalue weighted by atomic mass is 9.94. The number of carbonyl (C=O) groups excluding carboxylic acids is 1. The maximum absolute atomic E-state index is 13.9. The quantitative estimate of drug-likeness (QED) is 0.878. The second kappa shape index (κ2) is 6.10. The van der Waals surface area contributed by atoms with E-state index in [1.807, 2.05) is 24.3 Å². The van der Waals surface area contributed by atoms with E-state index in [0.717, 1.165) is 17.2 Å². The van der Waals surface area contributed by atoms with Crippen molar-refractivity contribution in [3.8, 4) is 5.75 Å². The molecule has 1 aliphatic carbocycles. The van der Waals surface area contributed by atoms with Crippen LogP contribution in [0.15, 0.2) is 36.4 Å². The van der Waals surface area contributed by atoms with Gasteiger partial charge < -0.3 is 19.9 Å². The monoisotopic (exact) mass is 357 g/mol. The minimum Gasteiger partial charge on any atom is -0.479 e. The number of ether oxygens (including phenoxy) is 2. The Balaban J connectivity index is 1.68. The van der Waals surface area contributed by atoms with E-state index >= 15 is 0 Å². The number of hydrogen-bond acceptors (Lipinski definition) is 4. The Morgan fingerprint density at radius 2 is 1.81 bits per heavy atom. The Bertz CT molecular complexity index is 886. The van der Waals surface area contributed by atoms with Gasteiger partial charge >= 0.3 is 5.97 Å². The maximum atomic E-state index is 13.9. The molecule has 1 heterocycles. The van der Waals surface area contributed by atoms with Gasteiger partial charge in [0.25, 0.3) is 5.91 Å². The Morgan fingerprint density at radius 3 is 2.46 bits per heavy atom. The van der Waals surface area contributed by atoms with Gasteiger partial charge in [0.05, 0.1) is 12.2 Å². The minimum absolute atomic E-state index is 0.0279. The average molecular weight is 357 g/mol. The van der Waals surface area contributed by atoms with Crippen LogP contribution in [0.2, 0.25) is 0 Å². The Kier molecular flexibility index (Phi) is 3.88. The standard InChI is InChI=1S/C19H16FNO5/c20-14-5-13-9-25-10-26-16(13)15(6-14)17(22)21-19(18(23)24)7-11-3-1-2-4-12(11)8-19/h1-6H,7-10H2,(H,21,22)(H,23,24). The van der Waals surface area contributed by atoms with Crippen LogP contribution in [-0.2, 0) is 29.0 Å². The number of carboxylic acid groups (broad SMARTS) is 1. The van der Waals surface area contributed by atoms with Crippen molar-refractivity contribution in [1.82, 2.24) is 5.32 Å². The first-order valence-electron chi connectivity index (χ1n) is 8.14. The van der Waals surface area contributed by atoms with Crippen molar-refractivity contribution in [2.75, 3.05) is 6.79 Å². The third-order valence-electron chi connectivity index (χ3n) is 4.78. The zero-order chi connectivity index (χ0) is 18.3. The van der Waals surface area contributed by atoms with E-state index in [1.165, 1.54) is 6.07 Å².